The molecule has 0 N–H and O–H groups in total. The number of benzene rings is 1. The van der Waals surface area contributed by atoms with Gasteiger partial charge < -0.3 is 8.98 Å². The van der Waals surface area contributed by atoms with Crippen molar-refractivity contribution in [3.8, 4) is 11.4 Å². The molecule has 130 valence electrons. The minimum absolute atomic E-state index is 0.0946. The number of aryl methyl sites for hydroxylation is 3. The Bertz CT molecular complexity index is 927. The number of carbonyl (C=O) groups is 1. The molecule has 5 nitrogen and oxygen atoms in total. The quantitative estimate of drug-likeness (QED) is 0.502. The maximum absolute atomic E-state index is 12.7. The molecule has 0 spiro atoms. The number of thioether (sulfide) groups is 1. The topological polar surface area (TPSA) is 60.9 Å². The molecule has 0 unspecified atom stereocenters. The number of carbonyl (C=O) groups excluding carboxylic acids is 1. The molecule has 0 fully saturated rings. The first kappa shape index (κ1) is 17.5. The van der Waals surface area contributed by atoms with Gasteiger partial charge in [-0.1, -0.05) is 23.9 Å². The molecule has 1 aromatic carbocycles. The number of hydrogen-bond donors (Lipinski definition) is 0. The van der Waals surface area contributed by atoms with Gasteiger partial charge in [0.25, 0.3) is 0 Å². The maximum atomic E-state index is 12.7. The largest absolute Gasteiger partial charge is 0.469 e. The van der Waals surface area contributed by atoms with E-state index in [1.165, 1.54) is 17.3 Å². The second kappa shape index (κ2) is 6.88. The molecule has 0 aliphatic rings. The highest BCUT2D eigenvalue weighted by Gasteiger charge is 2.21. The molecule has 3 aromatic rings. The van der Waals surface area contributed by atoms with Crippen molar-refractivity contribution in [1.29, 1.82) is 0 Å². The molecular weight excluding hydrogens is 334 g/mol. The van der Waals surface area contributed by atoms with E-state index in [1.54, 1.807) is 6.26 Å². The molecule has 0 bridgehead atoms. The van der Waals surface area contributed by atoms with Gasteiger partial charge in [-0.2, -0.15) is 0 Å². The molecule has 6 heteroatoms. The van der Waals surface area contributed by atoms with Gasteiger partial charge in [-0.3, -0.25) is 4.79 Å². The predicted octanol–water partition coefficient (Wildman–Crippen LogP) is 4.36. The second-order valence-corrected chi connectivity index (χ2v) is 7.49. The van der Waals surface area contributed by atoms with Crippen molar-refractivity contribution >= 4 is 17.5 Å². The summed E-state index contributed by atoms with van der Waals surface area (Å²) in [4.78, 5) is 12.7. The standard InChI is InChI=1S/C19H21N3O2S/c1-11-6-7-15(10-12(11)2)17(23)14(4)25-19-21-20-18(22(19)5)16-8-9-24-13(16)3/h6-10,14H,1-5H3/t14-/m0/s1. The molecule has 25 heavy (non-hydrogen) atoms. The van der Waals surface area contributed by atoms with Crippen LogP contribution in [0.15, 0.2) is 40.1 Å². The first-order chi connectivity index (χ1) is 11.9. The lowest BCUT2D eigenvalue weighted by atomic mass is 10.0. The van der Waals surface area contributed by atoms with E-state index in [2.05, 4.69) is 10.2 Å². The van der Waals surface area contributed by atoms with Gasteiger partial charge in [0.05, 0.1) is 17.1 Å². The van der Waals surface area contributed by atoms with Gasteiger partial charge in [-0.15, -0.1) is 10.2 Å². The normalized spacial score (nSPS) is 12.4. The van der Waals surface area contributed by atoms with Crippen LogP contribution in [0.4, 0.5) is 0 Å². The summed E-state index contributed by atoms with van der Waals surface area (Å²) in [5.41, 5.74) is 3.95. The lowest BCUT2D eigenvalue weighted by Crippen LogP contribution is -2.14. The van der Waals surface area contributed by atoms with Crippen LogP contribution in [0, 0.1) is 20.8 Å². The average Bonchev–Trinajstić information content (AvgIpc) is 3.15. The molecule has 0 saturated carbocycles. The molecule has 0 radical (unpaired) electrons. The predicted molar refractivity (Wildman–Crippen MR) is 99.0 cm³/mol. The first-order valence-electron chi connectivity index (χ1n) is 8.10. The molecule has 0 aliphatic carbocycles. The van der Waals surface area contributed by atoms with Crippen molar-refractivity contribution in [3.05, 3.63) is 53.0 Å². The summed E-state index contributed by atoms with van der Waals surface area (Å²) in [7, 11) is 1.90. The van der Waals surface area contributed by atoms with E-state index in [0.29, 0.717) is 5.16 Å². The smallest absolute Gasteiger partial charge is 0.191 e. The fourth-order valence-electron chi connectivity index (χ4n) is 2.61. The summed E-state index contributed by atoms with van der Waals surface area (Å²) >= 11 is 1.42. The van der Waals surface area contributed by atoms with Crippen molar-refractivity contribution in [1.82, 2.24) is 14.8 Å². The highest BCUT2D eigenvalue weighted by atomic mass is 32.2. The molecule has 0 saturated heterocycles. The van der Waals surface area contributed by atoms with E-state index >= 15 is 0 Å². The number of ketones is 1. The number of hydrogen-bond acceptors (Lipinski definition) is 5. The van der Waals surface area contributed by atoms with E-state index in [4.69, 9.17) is 4.42 Å². The Labute approximate surface area is 151 Å². The number of Topliss-reactive ketones (excluding diaryl/α,β-unsaturated/α-hetero) is 1. The van der Waals surface area contributed by atoms with Gasteiger partial charge >= 0.3 is 0 Å². The van der Waals surface area contributed by atoms with Gasteiger partial charge in [0.2, 0.25) is 0 Å². The van der Waals surface area contributed by atoms with E-state index in [-0.39, 0.29) is 11.0 Å². The van der Waals surface area contributed by atoms with Crippen molar-refractivity contribution in [2.75, 3.05) is 0 Å². The third kappa shape index (κ3) is 3.39. The van der Waals surface area contributed by atoms with Crippen LogP contribution in [-0.4, -0.2) is 25.8 Å². The zero-order valence-corrected chi connectivity index (χ0v) is 15.8. The molecule has 2 aromatic heterocycles. The van der Waals surface area contributed by atoms with Crippen LogP contribution < -0.4 is 0 Å². The van der Waals surface area contributed by atoms with Gasteiger partial charge in [0.15, 0.2) is 16.8 Å². The van der Waals surface area contributed by atoms with Gasteiger partial charge in [0.1, 0.15) is 5.76 Å². The van der Waals surface area contributed by atoms with E-state index in [0.717, 1.165) is 28.3 Å². The zero-order valence-electron chi connectivity index (χ0n) is 15.0. The Morgan fingerprint density at radius 1 is 1.16 bits per heavy atom. The second-order valence-electron chi connectivity index (χ2n) is 6.18. The summed E-state index contributed by atoms with van der Waals surface area (Å²) in [6.45, 7) is 7.86. The van der Waals surface area contributed by atoms with Crippen LogP contribution in [0.2, 0.25) is 0 Å². The van der Waals surface area contributed by atoms with Crippen molar-refractivity contribution in [2.24, 2.45) is 7.05 Å². The minimum atomic E-state index is -0.247. The highest BCUT2D eigenvalue weighted by molar-refractivity contribution is 8.00. The fraction of sp³-hybridized carbons (Fsp3) is 0.316. The van der Waals surface area contributed by atoms with Crippen LogP contribution in [0.5, 0.6) is 0 Å². The Hall–Kier alpha value is -2.34. The Balaban J connectivity index is 1.80. The molecule has 1 atom stereocenters. The Morgan fingerprint density at radius 3 is 2.56 bits per heavy atom. The van der Waals surface area contributed by atoms with Crippen LogP contribution in [0.3, 0.4) is 0 Å². The van der Waals surface area contributed by atoms with Crippen molar-refractivity contribution in [2.45, 2.75) is 38.1 Å². The number of aromatic nitrogens is 3. The molecular formula is C19H21N3O2S. The van der Waals surface area contributed by atoms with Gasteiger partial charge in [-0.05, 0) is 51.0 Å². The van der Waals surface area contributed by atoms with E-state index < -0.39 is 0 Å². The Kier molecular flexibility index (Phi) is 4.81. The average molecular weight is 355 g/mol. The molecule has 2 heterocycles. The highest BCUT2D eigenvalue weighted by Crippen LogP contribution is 2.29. The summed E-state index contributed by atoms with van der Waals surface area (Å²) < 4.78 is 7.23. The zero-order chi connectivity index (χ0) is 18.1. The Morgan fingerprint density at radius 2 is 1.92 bits per heavy atom. The lowest BCUT2D eigenvalue weighted by molar-refractivity contribution is 0.0993. The number of nitrogens with zero attached hydrogens (tertiary/aromatic N) is 3. The van der Waals surface area contributed by atoms with E-state index in [9.17, 15) is 4.79 Å². The monoisotopic (exact) mass is 355 g/mol. The van der Waals surface area contributed by atoms with E-state index in [1.807, 2.05) is 63.6 Å². The summed E-state index contributed by atoms with van der Waals surface area (Å²) in [6.07, 6.45) is 1.64. The molecule has 3 rings (SSSR count). The van der Waals surface area contributed by atoms with Gasteiger partial charge in [-0.25, -0.2) is 0 Å². The lowest BCUT2D eigenvalue weighted by Gasteiger charge is -2.11. The third-order valence-corrected chi connectivity index (χ3v) is 5.51. The van der Waals surface area contributed by atoms with Gasteiger partial charge in [0, 0.05) is 12.6 Å². The molecule has 0 aliphatic heterocycles. The molecule has 0 amide bonds. The van der Waals surface area contributed by atoms with Crippen molar-refractivity contribution in [3.63, 3.8) is 0 Å². The van der Waals surface area contributed by atoms with Crippen LogP contribution in [-0.2, 0) is 7.05 Å². The minimum Gasteiger partial charge on any atom is -0.469 e. The van der Waals surface area contributed by atoms with Crippen LogP contribution >= 0.6 is 11.8 Å². The summed E-state index contributed by atoms with van der Waals surface area (Å²) in [5, 5.41) is 8.95. The maximum Gasteiger partial charge on any atom is 0.191 e. The fourth-order valence-corrected chi connectivity index (χ4v) is 3.50. The number of rotatable bonds is 5. The van der Waals surface area contributed by atoms with Crippen LogP contribution in [0.1, 0.15) is 34.2 Å². The number of furan rings is 1. The van der Waals surface area contributed by atoms with Crippen LogP contribution in [0.25, 0.3) is 11.4 Å². The SMILES string of the molecule is Cc1ccc(C(=O)[C@H](C)Sc2nnc(-c3ccoc3C)n2C)cc1C. The third-order valence-electron chi connectivity index (χ3n) is 4.38. The first-order valence-corrected chi connectivity index (χ1v) is 8.98. The summed E-state index contributed by atoms with van der Waals surface area (Å²) in [6, 6.07) is 7.70. The summed E-state index contributed by atoms with van der Waals surface area (Å²) in [5.74, 6) is 1.63. The van der Waals surface area contributed by atoms with Crippen molar-refractivity contribution < 1.29 is 9.21 Å².